The van der Waals surface area contributed by atoms with E-state index in [9.17, 15) is 0 Å². The van der Waals surface area contributed by atoms with Crippen LogP contribution >= 0.6 is 46.0 Å². The first-order valence-corrected chi connectivity index (χ1v) is 9.26. The first kappa shape index (κ1) is 15.4. The highest BCUT2D eigenvalue weighted by molar-refractivity contribution is 14.1. The van der Waals surface area contributed by atoms with E-state index in [1.807, 2.05) is 18.7 Å². The molecule has 0 N–H and O–H groups in total. The maximum Gasteiger partial charge on any atom is 0.127 e. The molecular formula is C14H18ClIN2S. The number of rotatable bonds is 5. The maximum absolute atomic E-state index is 6.31. The van der Waals surface area contributed by atoms with E-state index in [1.54, 1.807) is 0 Å². The molecule has 0 bridgehead atoms. The molecule has 0 aliphatic carbocycles. The van der Waals surface area contributed by atoms with Crippen LogP contribution in [0, 0.1) is 3.57 Å². The Bertz CT molecular complexity index is 568. The van der Waals surface area contributed by atoms with Gasteiger partial charge >= 0.3 is 0 Å². The second kappa shape index (κ2) is 6.68. The SMILES string of the molecule is CSCCC(C)n1c(C(C)Cl)nc2cc(I)ccc21. The van der Waals surface area contributed by atoms with Crippen LogP contribution in [0.25, 0.3) is 11.0 Å². The minimum Gasteiger partial charge on any atom is -0.324 e. The molecule has 19 heavy (non-hydrogen) atoms. The van der Waals surface area contributed by atoms with Gasteiger partial charge in [0.2, 0.25) is 0 Å². The Hall–Kier alpha value is 0.0600. The van der Waals surface area contributed by atoms with Gasteiger partial charge in [-0.05, 0) is 73.1 Å². The lowest BCUT2D eigenvalue weighted by Crippen LogP contribution is -2.10. The van der Waals surface area contributed by atoms with Gasteiger partial charge in [0.25, 0.3) is 0 Å². The number of nitrogens with zero attached hydrogens (tertiary/aromatic N) is 2. The molecule has 5 heteroatoms. The quantitative estimate of drug-likeness (QED) is 0.496. The molecule has 2 atom stereocenters. The van der Waals surface area contributed by atoms with E-state index in [-0.39, 0.29) is 5.38 Å². The van der Waals surface area contributed by atoms with Gasteiger partial charge in [-0.3, -0.25) is 0 Å². The number of aromatic nitrogens is 2. The molecule has 2 aromatic rings. The van der Waals surface area contributed by atoms with Crippen LogP contribution in [0.15, 0.2) is 18.2 Å². The molecule has 0 spiro atoms. The predicted molar refractivity (Wildman–Crippen MR) is 94.4 cm³/mol. The van der Waals surface area contributed by atoms with Crippen molar-refractivity contribution in [2.75, 3.05) is 12.0 Å². The monoisotopic (exact) mass is 408 g/mol. The molecule has 0 saturated carbocycles. The van der Waals surface area contributed by atoms with E-state index >= 15 is 0 Å². The summed E-state index contributed by atoms with van der Waals surface area (Å²) in [4.78, 5) is 4.72. The largest absolute Gasteiger partial charge is 0.324 e. The third-order valence-corrected chi connectivity index (χ3v) is 4.73. The standard InChI is InChI=1S/C14H18ClIN2S/c1-9(6-7-19-3)18-13-5-4-11(16)8-12(13)17-14(18)10(2)15/h4-5,8-10H,6-7H2,1-3H3. The fourth-order valence-corrected chi connectivity index (χ4v) is 3.46. The first-order chi connectivity index (χ1) is 9.04. The van der Waals surface area contributed by atoms with Crippen molar-refractivity contribution in [3.05, 3.63) is 27.6 Å². The Balaban J connectivity index is 2.51. The summed E-state index contributed by atoms with van der Waals surface area (Å²) >= 11 is 10.5. The molecule has 0 fully saturated rings. The summed E-state index contributed by atoms with van der Waals surface area (Å²) in [7, 11) is 0. The van der Waals surface area contributed by atoms with Gasteiger partial charge in [-0.2, -0.15) is 11.8 Å². The number of hydrogen-bond acceptors (Lipinski definition) is 2. The van der Waals surface area contributed by atoms with Crippen LogP contribution in [-0.4, -0.2) is 21.6 Å². The van der Waals surface area contributed by atoms with Gasteiger partial charge in [-0.25, -0.2) is 4.98 Å². The predicted octanol–water partition coefficient (Wildman–Crippen LogP) is 5.25. The molecule has 104 valence electrons. The second-order valence-corrected chi connectivity index (χ2v) is 7.61. The molecule has 2 rings (SSSR count). The second-order valence-electron chi connectivity index (χ2n) is 4.72. The lowest BCUT2D eigenvalue weighted by atomic mass is 10.2. The van der Waals surface area contributed by atoms with Crippen molar-refractivity contribution in [3.63, 3.8) is 0 Å². The third-order valence-electron chi connectivity index (χ3n) is 3.22. The normalized spacial score (nSPS) is 14.8. The van der Waals surface area contributed by atoms with Crippen molar-refractivity contribution in [3.8, 4) is 0 Å². The third kappa shape index (κ3) is 3.39. The zero-order valence-corrected chi connectivity index (χ0v) is 15.1. The molecular weight excluding hydrogens is 391 g/mol. The van der Waals surface area contributed by atoms with E-state index in [0.717, 1.165) is 23.5 Å². The molecule has 2 nitrogen and oxygen atoms in total. The van der Waals surface area contributed by atoms with Gasteiger partial charge in [0.05, 0.1) is 16.4 Å². The molecule has 1 aromatic heterocycles. The Morgan fingerprint density at radius 2 is 2.16 bits per heavy atom. The van der Waals surface area contributed by atoms with Crippen molar-refractivity contribution in [2.24, 2.45) is 0 Å². The molecule has 1 heterocycles. The molecule has 0 radical (unpaired) electrons. The van der Waals surface area contributed by atoms with Gasteiger partial charge in [-0.1, -0.05) is 0 Å². The average molecular weight is 409 g/mol. The van der Waals surface area contributed by atoms with Crippen molar-refractivity contribution in [1.29, 1.82) is 0 Å². The van der Waals surface area contributed by atoms with Crippen LogP contribution in [0.2, 0.25) is 0 Å². The van der Waals surface area contributed by atoms with Crippen LogP contribution in [0.4, 0.5) is 0 Å². The highest BCUT2D eigenvalue weighted by atomic mass is 127. The smallest absolute Gasteiger partial charge is 0.127 e. The Morgan fingerprint density at radius 1 is 1.42 bits per heavy atom. The molecule has 0 saturated heterocycles. The number of alkyl halides is 1. The molecule has 0 amide bonds. The summed E-state index contributed by atoms with van der Waals surface area (Å²) in [6, 6.07) is 6.83. The number of fused-ring (bicyclic) bond motifs is 1. The Labute approximate surface area is 137 Å². The van der Waals surface area contributed by atoms with Crippen molar-refractivity contribution < 1.29 is 0 Å². The number of hydrogen-bond donors (Lipinski definition) is 0. The van der Waals surface area contributed by atoms with Crippen LogP contribution in [0.1, 0.15) is 37.5 Å². The zero-order valence-electron chi connectivity index (χ0n) is 11.4. The van der Waals surface area contributed by atoms with E-state index in [2.05, 4.69) is 58.5 Å². The van der Waals surface area contributed by atoms with Gasteiger partial charge in [0.15, 0.2) is 0 Å². The Morgan fingerprint density at radius 3 is 2.79 bits per heavy atom. The highest BCUT2D eigenvalue weighted by Gasteiger charge is 2.18. The van der Waals surface area contributed by atoms with E-state index in [0.29, 0.717) is 6.04 Å². The summed E-state index contributed by atoms with van der Waals surface area (Å²) < 4.78 is 3.51. The summed E-state index contributed by atoms with van der Waals surface area (Å²) in [5, 5.41) is -0.0678. The number of halogens is 2. The van der Waals surface area contributed by atoms with Crippen LogP contribution < -0.4 is 0 Å². The summed E-state index contributed by atoms with van der Waals surface area (Å²) in [6.45, 7) is 4.24. The van der Waals surface area contributed by atoms with E-state index < -0.39 is 0 Å². The van der Waals surface area contributed by atoms with Gasteiger partial charge in [0.1, 0.15) is 5.82 Å². The van der Waals surface area contributed by atoms with Crippen molar-refractivity contribution >= 4 is 57.0 Å². The van der Waals surface area contributed by atoms with Crippen LogP contribution in [0.3, 0.4) is 0 Å². The minimum absolute atomic E-state index is 0.0678. The zero-order chi connectivity index (χ0) is 14.0. The fourth-order valence-electron chi connectivity index (χ4n) is 2.25. The van der Waals surface area contributed by atoms with Gasteiger partial charge < -0.3 is 4.57 Å². The topological polar surface area (TPSA) is 17.8 Å². The average Bonchev–Trinajstić information content (AvgIpc) is 2.74. The molecule has 2 unspecified atom stereocenters. The number of benzene rings is 1. The lowest BCUT2D eigenvalue weighted by molar-refractivity contribution is 0.526. The van der Waals surface area contributed by atoms with Gasteiger partial charge in [0, 0.05) is 9.61 Å². The van der Waals surface area contributed by atoms with Crippen LogP contribution in [0.5, 0.6) is 0 Å². The molecule has 1 aromatic carbocycles. The summed E-state index contributed by atoms with van der Waals surface area (Å²) in [5.41, 5.74) is 2.24. The minimum atomic E-state index is -0.0678. The fraction of sp³-hybridized carbons (Fsp3) is 0.500. The van der Waals surface area contributed by atoms with Crippen molar-refractivity contribution in [1.82, 2.24) is 9.55 Å². The van der Waals surface area contributed by atoms with Crippen molar-refractivity contribution in [2.45, 2.75) is 31.7 Å². The molecule has 0 aliphatic rings. The highest BCUT2D eigenvalue weighted by Crippen LogP contribution is 2.30. The lowest BCUT2D eigenvalue weighted by Gasteiger charge is -2.18. The number of thioether (sulfide) groups is 1. The number of imidazole rings is 1. The maximum atomic E-state index is 6.31. The summed E-state index contributed by atoms with van der Waals surface area (Å²) in [6.07, 6.45) is 3.28. The first-order valence-electron chi connectivity index (χ1n) is 6.35. The van der Waals surface area contributed by atoms with E-state index in [1.165, 1.54) is 9.09 Å². The molecule has 0 aliphatic heterocycles. The van der Waals surface area contributed by atoms with Crippen LogP contribution in [-0.2, 0) is 0 Å². The van der Waals surface area contributed by atoms with E-state index in [4.69, 9.17) is 16.6 Å². The Kier molecular flexibility index (Phi) is 5.43. The van der Waals surface area contributed by atoms with Gasteiger partial charge in [-0.15, -0.1) is 11.6 Å². The summed E-state index contributed by atoms with van der Waals surface area (Å²) in [5.74, 6) is 2.13.